The van der Waals surface area contributed by atoms with E-state index in [1.165, 1.54) is 5.56 Å². The molecular formula is C16H21N5. The Morgan fingerprint density at radius 2 is 1.95 bits per heavy atom. The SMILES string of the molecule is Cc1ccc(N2CN(CC(C)C)C3=NN=CC3=C2N)cc1. The normalized spacial score (nSPS) is 17.6. The molecule has 1 aromatic rings. The third-order valence-electron chi connectivity index (χ3n) is 3.69. The van der Waals surface area contributed by atoms with Gasteiger partial charge < -0.3 is 15.5 Å². The predicted octanol–water partition coefficient (Wildman–Crippen LogP) is 2.30. The molecule has 21 heavy (non-hydrogen) atoms. The van der Waals surface area contributed by atoms with Crippen molar-refractivity contribution in [2.45, 2.75) is 20.8 Å². The van der Waals surface area contributed by atoms with E-state index in [0.717, 1.165) is 29.5 Å². The van der Waals surface area contributed by atoms with Crippen LogP contribution >= 0.6 is 0 Å². The van der Waals surface area contributed by atoms with Gasteiger partial charge in [-0.25, -0.2) is 0 Å². The molecule has 0 fully saturated rings. The molecule has 0 bridgehead atoms. The Bertz CT molecular complexity index is 625. The topological polar surface area (TPSA) is 57.2 Å². The van der Waals surface area contributed by atoms with E-state index in [4.69, 9.17) is 5.73 Å². The van der Waals surface area contributed by atoms with Crippen LogP contribution < -0.4 is 10.6 Å². The van der Waals surface area contributed by atoms with E-state index in [2.05, 4.69) is 65.0 Å². The fourth-order valence-corrected chi connectivity index (χ4v) is 2.66. The van der Waals surface area contributed by atoms with Crippen LogP contribution in [0.2, 0.25) is 0 Å². The number of nitrogens with zero attached hydrogens (tertiary/aromatic N) is 4. The zero-order valence-corrected chi connectivity index (χ0v) is 12.7. The van der Waals surface area contributed by atoms with Gasteiger partial charge in [-0.05, 0) is 25.0 Å². The van der Waals surface area contributed by atoms with Crippen molar-refractivity contribution in [3.8, 4) is 0 Å². The van der Waals surface area contributed by atoms with Gasteiger partial charge in [0.2, 0.25) is 0 Å². The van der Waals surface area contributed by atoms with E-state index in [-0.39, 0.29) is 0 Å². The Morgan fingerprint density at radius 3 is 2.62 bits per heavy atom. The van der Waals surface area contributed by atoms with Crippen molar-refractivity contribution in [1.29, 1.82) is 0 Å². The molecule has 0 amide bonds. The largest absolute Gasteiger partial charge is 0.384 e. The fourth-order valence-electron chi connectivity index (χ4n) is 2.66. The number of anilines is 1. The minimum absolute atomic E-state index is 0.550. The lowest BCUT2D eigenvalue weighted by molar-refractivity contribution is 0.362. The van der Waals surface area contributed by atoms with Gasteiger partial charge in [-0.1, -0.05) is 31.5 Å². The van der Waals surface area contributed by atoms with E-state index >= 15 is 0 Å². The van der Waals surface area contributed by atoms with Gasteiger partial charge in [-0.3, -0.25) is 0 Å². The second kappa shape index (κ2) is 5.24. The van der Waals surface area contributed by atoms with Crippen LogP contribution in [-0.4, -0.2) is 30.2 Å². The van der Waals surface area contributed by atoms with Gasteiger partial charge in [0.1, 0.15) is 5.82 Å². The Balaban J connectivity index is 1.97. The van der Waals surface area contributed by atoms with Gasteiger partial charge in [0.15, 0.2) is 5.84 Å². The lowest BCUT2D eigenvalue weighted by Crippen LogP contribution is -2.50. The molecule has 5 heteroatoms. The quantitative estimate of drug-likeness (QED) is 0.926. The number of fused-ring (bicyclic) bond motifs is 1. The maximum absolute atomic E-state index is 6.33. The maximum Gasteiger partial charge on any atom is 0.165 e. The highest BCUT2D eigenvalue weighted by Crippen LogP contribution is 2.26. The Kier molecular flexibility index (Phi) is 3.41. The van der Waals surface area contributed by atoms with Gasteiger partial charge in [-0.2, -0.15) is 5.10 Å². The summed E-state index contributed by atoms with van der Waals surface area (Å²) in [6.07, 6.45) is 1.75. The van der Waals surface area contributed by atoms with Gasteiger partial charge in [0.05, 0.1) is 18.5 Å². The number of nitrogens with two attached hydrogens (primary N) is 1. The maximum atomic E-state index is 6.33. The van der Waals surface area contributed by atoms with Gasteiger partial charge in [-0.15, -0.1) is 5.10 Å². The van der Waals surface area contributed by atoms with Crippen LogP contribution in [0.1, 0.15) is 19.4 Å². The van der Waals surface area contributed by atoms with Crippen molar-refractivity contribution in [3.05, 3.63) is 41.2 Å². The molecule has 2 heterocycles. The summed E-state index contributed by atoms with van der Waals surface area (Å²) in [6, 6.07) is 8.41. The van der Waals surface area contributed by atoms with Crippen LogP contribution in [0.5, 0.6) is 0 Å². The molecule has 0 aromatic heterocycles. The summed E-state index contributed by atoms with van der Waals surface area (Å²) < 4.78 is 0. The van der Waals surface area contributed by atoms with E-state index < -0.39 is 0 Å². The average Bonchev–Trinajstić information content (AvgIpc) is 2.93. The number of benzene rings is 1. The lowest BCUT2D eigenvalue weighted by atomic mass is 10.1. The molecule has 1 aromatic carbocycles. The lowest BCUT2D eigenvalue weighted by Gasteiger charge is -2.39. The van der Waals surface area contributed by atoms with Crippen molar-refractivity contribution in [2.24, 2.45) is 21.9 Å². The molecule has 0 radical (unpaired) electrons. The van der Waals surface area contributed by atoms with Gasteiger partial charge in [0.25, 0.3) is 0 Å². The highest BCUT2D eigenvalue weighted by molar-refractivity contribution is 6.19. The van der Waals surface area contributed by atoms with E-state index in [1.807, 2.05) is 0 Å². The molecule has 0 atom stereocenters. The highest BCUT2D eigenvalue weighted by atomic mass is 15.4. The zero-order valence-electron chi connectivity index (χ0n) is 12.7. The summed E-state index contributed by atoms with van der Waals surface area (Å²) in [5.41, 5.74) is 9.59. The molecule has 3 rings (SSSR count). The fraction of sp³-hybridized carbons (Fsp3) is 0.375. The van der Waals surface area contributed by atoms with Crippen LogP contribution in [-0.2, 0) is 0 Å². The standard InChI is InChI=1S/C16H21N5/c1-11(2)9-20-10-21(13-6-4-12(3)5-7-13)15(17)14-8-18-19-16(14)20/h4-8,11H,9-10,17H2,1-3H3. The molecule has 0 unspecified atom stereocenters. The highest BCUT2D eigenvalue weighted by Gasteiger charge is 2.31. The van der Waals surface area contributed by atoms with Crippen LogP contribution in [0.25, 0.3) is 0 Å². The molecular weight excluding hydrogens is 262 g/mol. The number of rotatable bonds is 3. The van der Waals surface area contributed by atoms with Crippen molar-refractivity contribution in [3.63, 3.8) is 0 Å². The first-order valence-electron chi connectivity index (χ1n) is 7.26. The smallest absolute Gasteiger partial charge is 0.165 e. The number of hydrogen-bond acceptors (Lipinski definition) is 5. The minimum atomic E-state index is 0.550. The van der Waals surface area contributed by atoms with Crippen LogP contribution in [0, 0.1) is 12.8 Å². The monoisotopic (exact) mass is 283 g/mol. The first kappa shape index (κ1) is 13.7. The first-order chi connectivity index (χ1) is 10.1. The van der Waals surface area contributed by atoms with Crippen molar-refractivity contribution >= 4 is 17.7 Å². The third kappa shape index (κ3) is 2.51. The molecule has 2 N–H and O–H groups in total. The van der Waals surface area contributed by atoms with Crippen molar-refractivity contribution in [1.82, 2.24) is 4.90 Å². The molecule has 0 aliphatic carbocycles. The van der Waals surface area contributed by atoms with Crippen molar-refractivity contribution in [2.75, 3.05) is 18.1 Å². The molecule has 0 spiro atoms. The molecule has 2 aliphatic heterocycles. The average molecular weight is 283 g/mol. The Morgan fingerprint density at radius 1 is 1.24 bits per heavy atom. The van der Waals surface area contributed by atoms with Gasteiger partial charge >= 0.3 is 0 Å². The molecule has 110 valence electrons. The molecule has 2 aliphatic rings. The second-order valence-electron chi connectivity index (χ2n) is 5.99. The number of aryl methyl sites for hydroxylation is 1. The third-order valence-corrected chi connectivity index (χ3v) is 3.69. The summed E-state index contributed by atoms with van der Waals surface area (Å²) in [7, 11) is 0. The Labute approximate surface area is 125 Å². The molecule has 5 nitrogen and oxygen atoms in total. The number of hydrogen-bond donors (Lipinski definition) is 1. The summed E-state index contributed by atoms with van der Waals surface area (Å²) in [4.78, 5) is 4.36. The van der Waals surface area contributed by atoms with Crippen LogP contribution in [0.15, 0.2) is 45.9 Å². The van der Waals surface area contributed by atoms with E-state index in [9.17, 15) is 0 Å². The summed E-state index contributed by atoms with van der Waals surface area (Å²) in [5.74, 6) is 2.16. The van der Waals surface area contributed by atoms with Gasteiger partial charge in [0, 0.05) is 12.2 Å². The summed E-state index contributed by atoms with van der Waals surface area (Å²) in [5, 5.41) is 8.27. The van der Waals surface area contributed by atoms with E-state index in [0.29, 0.717) is 12.6 Å². The summed E-state index contributed by atoms with van der Waals surface area (Å²) >= 11 is 0. The van der Waals surface area contributed by atoms with Crippen LogP contribution in [0.4, 0.5) is 5.69 Å². The number of amidine groups is 1. The van der Waals surface area contributed by atoms with E-state index in [1.54, 1.807) is 6.21 Å². The zero-order chi connectivity index (χ0) is 15.0. The van der Waals surface area contributed by atoms with Crippen LogP contribution in [0.3, 0.4) is 0 Å². The Hall–Kier alpha value is -2.30. The van der Waals surface area contributed by atoms with Crippen molar-refractivity contribution < 1.29 is 0 Å². The second-order valence-corrected chi connectivity index (χ2v) is 5.99. The molecule has 0 saturated heterocycles. The predicted molar refractivity (Wildman–Crippen MR) is 87.2 cm³/mol. The first-order valence-corrected chi connectivity index (χ1v) is 7.26. The summed E-state index contributed by atoms with van der Waals surface area (Å²) in [6.45, 7) is 8.13. The molecule has 0 saturated carbocycles. The minimum Gasteiger partial charge on any atom is -0.384 e.